The molecule has 0 fully saturated rings. The van der Waals surface area contributed by atoms with Crippen LogP contribution in [0.15, 0.2) is 29.2 Å². The van der Waals surface area contributed by atoms with Crippen molar-refractivity contribution in [3.63, 3.8) is 0 Å². The smallest absolute Gasteiger partial charge is 0.303 e. The van der Waals surface area contributed by atoms with Crippen molar-refractivity contribution >= 4 is 23.6 Å². The number of rotatable bonds is 8. The lowest BCUT2D eigenvalue weighted by Gasteiger charge is -2.16. The Hall–Kier alpha value is -1.56. The Morgan fingerprint density at radius 2 is 1.90 bits per heavy atom. The van der Waals surface area contributed by atoms with E-state index in [4.69, 9.17) is 5.11 Å². The minimum absolute atomic E-state index is 0.00926. The molecule has 0 aromatic heterocycles. The Labute approximate surface area is 122 Å². The van der Waals surface area contributed by atoms with Gasteiger partial charge in [0.15, 0.2) is 0 Å². The summed E-state index contributed by atoms with van der Waals surface area (Å²) in [6.07, 6.45) is 0.913. The molecular weight excluding hydrogens is 281 g/mol. The van der Waals surface area contributed by atoms with Gasteiger partial charge < -0.3 is 10.0 Å². The lowest BCUT2D eigenvalue weighted by molar-refractivity contribution is -0.138. The normalized spacial score (nSPS) is 10.3. The van der Waals surface area contributed by atoms with Crippen molar-refractivity contribution in [1.82, 2.24) is 4.90 Å². The highest BCUT2D eigenvalue weighted by atomic mass is 32.2. The number of carboxylic acid groups (broad SMARTS) is 1. The van der Waals surface area contributed by atoms with Crippen LogP contribution >= 0.6 is 11.8 Å². The highest BCUT2D eigenvalue weighted by Gasteiger charge is 2.09. The van der Waals surface area contributed by atoms with Gasteiger partial charge in [-0.2, -0.15) is 0 Å². The van der Waals surface area contributed by atoms with Crippen molar-refractivity contribution < 1.29 is 19.1 Å². The molecule has 1 rings (SSSR count). The molecule has 0 aliphatic carbocycles. The molecule has 4 nitrogen and oxygen atoms in total. The summed E-state index contributed by atoms with van der Waals surface area (Å²) in [5.74, 6) is -0.514. The van der Waals surface area contributed by atoms with E-state index >= 15 is 0 Å². The first-order valence-electron chi connectivity index (χ1n) is 6.33. The van der Waals surface area contributed by atoms with Gasteiger partial charge in [0.1, 0.15) is 5.82 Å². The number of hydrogen-bond acceptors (Lipinski definition) is 3. The van der Waals surface area contributed by atoms with Gasteiger partial charge in [0, 0.05) is 37.1 Å². The van der Waals surface area contributed by atoms with Crippen LogP contribution in [0.2, 0.25) is 0 Å². The Bertz CT molecular complexity index is 450. The number of amides is 1. The maximum Gasteiger partial charge on any atom is 0.303 e. The molecule has 0 bridgehead atoms. The zero-order valence-electron chi connectivity index (χ0n) is 11.3. The van der Waals surface area contributed by atoms with Crippen LogP contribution in [0.4, 0.5) is 4.39 Å². The average molecular weight is 299 g/mol. The number of halogens is 1. The van der Waals surface area contributed by atoms with E-state index in [1.807, 2.05) is 0 Å². The topological polar surface area (TPSA) is 57.6 Å². The van der Waals surface area contributed by atoms with E-state index in [-0.39, 0.29) is 18.1 Å². The fourth-order valence-electron chi connectivity index (χ4n) is 1.57. The van der Waals surface area contributed by atoms with Crippen LogP contribution in [-0.2, 0) is 9.59 Å². The number of thioether (sulfide) groups is 1. The Morgan fingerprint density at radius 1 is 1.25 bits per heavy atom. The summed E-state index contributed by atoms with van der Waals surface area (Å²) in [5, 5.41) is 8.52. The summed E-state index contributed by atoms with van der Waals surface area (Å²) >= 11 is 1.50. The first-order valence-corrected chi connectivity index (χ1v) is 7.31. The van der Waals surface area contributed by atoms with Crippen molar-refractivity contribution in [2.45, 2.75) is 24.2 Å². The molecule has 0 spiro atoms. The highest BCUT2D eigenvalue weighted by molar-refractivity contribution is 7.99. The zero-order valence-corrected chi connectivity index (χ0v) is 12.2. The van der Waals surface area contributed by atoms with E-state index in [1.54, 1.807) is 24.1 Å². The predicted octanol–water partition coefficient (Wildman–Crippen LogP) is 2.63. The first-order chi connectivity index (χ1) is 9.49. The zero-order chi connectivity index (χ0) is 15.0. The summed E-state index contributed by atoms with van der Waals surface area (Å²) in [4.78, 5) is 24.6. The van der Waals surface area contributed by atoms with Crippen LogP contribution in [0.1, 0.15) is 19.3 Å². The van der Waals surface area contributed by atoms with Gasteiger partial charge >= 0.3 is 5.97 Å². The van der Waals surface area contributed by atoms with Crippen LogP contribution in [0.5, 0.6) is 0 Å². The van der Waals surface area contributed by atoms with Crippen LogP contribution in [-0.4, -0.2) is 41.2 Å². The summed E-state index contributed by atoms with van der Waals surface area (Å²) in [7, 11) is 1.67. The van der Waals surface area contributed by atoms with Crippen LogP contribution < -0.4 is 0 Å². The van der Waals surface area contributed by atoms with E-state index in [0.29, 0.717) is 25.1 Å². The number of carbonyl (C=O) groups excluding carboxylic acids is 1. The fraction of sp³-hybridized carbons (Fsp3) is 0.429. The summed E-state index contributed by atoms with van der Waals surface area (Å²) in [6.45, 7) is 0.451. The molecule has 0 radical (unpaired) electrons. The molecule has 0 saturated heterocycles. The van der Waals surface area contributed by atoms with E-state index < -0.39 is 5.97 Å². The lowest BCUT2D eigenvalue weighted by atomic mass is 10.3. The quantitative estimate of drug-likeness (QED) is 0.750. The van der Waals surface area contributed by atoms with Gasteiger partial charge in [-0.25, -0.2) is 4.39 Å². The van der Waals surface area contributed by atoms with Gasteiger partial charge in [-0.15, -0.1) is 11.8 Å². The molecule has 0 aliphatic heterocycles. The third-order valence-corrected chi connectivity index (χ3v) is 3.72. The second-order valence-corrected chi connectivity index (χ2v) is 5.53. The minimum Gasteiger partial charge on any atom is -0.481 e. The third-order valence-electron chi connectivity index (χ3n) is 2.71. The predicted molar refractivity (Wildman–Crippen MR) is 76.2 cm³/mol. The molecule has 1 aromatic carbocycles. The lowest BCUT2D eigenvalue weighted by Crippen LogP contribution is -2.28. The standard InChI is InChI=1S/C14H18FNO3S/c1-16(9-2-3-14(18)19)13(17)8-10-20-12-6-4-11(15)5-7-12/h4-7H,2-3,8-10H2,1H3,(H,18,19). The Balaban J connectivity index is 2.21. The Kier molecular flexibility index (Phi) is 7.08. The summed E-state index contributed by atoms with van der Waals surface area (Å²) in [6, 6.07) is 6.15. The summed E-state index contributed by atoms with van der Waals surface area (Å²) < 4.78 is 12.7. The van der Waals surface area contributed by atoms with Gasteiger partial charge in [-0.05, 0) is 30.7 Å². The van der Waals surface area contributed by atoms with Gasteiger partial charge in [0.05, 0.1) is 0 Å². The fourth-order valence-corrected chi connectivity index (χ4v) is 2.41. The number of benzene rings is 1. The van der Waals surface area contributed by atoms with E-state index in [1.165, 1.54) is 23.9 Å². The SMILES string of the molecule is CN(CCCC(=O)O)C(=O)CCSc1ccc(F)cc1. The van der Waals surface area contributed by atoms with Crippen LogP contribution in [0.3, 0.4) is 0 Å². The molecule has 1 amide bonds. The van der Waals surface area contributed by atoms with Crippen LogP contribution in [0.25, 0.3) is 0 Å². The third kappa shape index (κ3) is 6.56. The molecular formula is C14H18FNO3S. The molecule has 20 heavy (non-hydrogen) atoms. The molecule has 6 heteroatoms. The molecule has 1 N–H and O–H groups in total. The first kappa shape index (κ1) is 16.5. The highest BCUT2D eigenvalue weighted by Crippen LogP contribution is 2.19. The van der Waals surface area contributed by atoms with Gasteiger partial charge in [0.2, 0.25) is 5.91 Å². The number of aliphatic carboxylic acids is 1. The molecule has 0 aliphatic rings. The van der Waals surface area contributed by atoms with Crippen molar-refractivity contribution in [3.05, 3.63) is 30.1 Å². The molecule has 0 heterocycles. The van der Waals surface area contributed by atoms with Gasteiger partial charge in [0.25, 0.3) is 0 Å². The van der Waals surface area contributed by atoms with E-state index in [2.05, 4.69) is 0 Å². The monoisotopic (exact) mass is 299 g/mol. The molecule has 0 atom stereocenters. The second kappa shape index (κ2) is 8.58. The Morgan fingerprint density at radius 3 is 2.50 bits per heavy atom. The van der Waals surface area contributed by atoms with E-state index in [9.17, 15) is 14.0 Å². The maximum absolute atomic E-state index is 12.7. The van der Waals surface area contributed by atoms with E-state index in [0.717, 1.165) is 4.90 Å². The second-order valence-electron chi connectivity index (χ2n) is 4.36. The summed E-state index contributed by atoms with van der Waals surface area (Å²) in [5.41, 5.74) is 0. The average Bonchev–Trinajstić information content (AvgIpc) is 2.40. The van der Waals surface area contributed by atoms with Gasteiger partial charge in [-0.1, -0.05) is 0 Å². The maximum atomic E-state index is 12.7. The molecule has 110 valence electrons. The molecule has 0 saturated carbocycles. The van der Waals surface area contributed by atoms with Crippen molar-refractivity contribution in [3.8, 4) is 0 Å². The van der Waals surface area contributed by atoms with Gasteiger partial charge in [-0.3, -0.25) is 9.59 Å². The molecule has 1 aromatic rings. The number of carbonyl (C=O) groups is 2. The van der Waals surface area contributed by atoms with Crippen molar-refractivity contribution in [2.24, 2.45) is 0 Å². The number of carboxylic acids is 1. The minimum atomic E-state index is -0.849. The number of hydrogen-bond donors (Lipinski definition) is 1. The largest absolute Gasteiger partial charge is 0.481 e. The van der Waals surface area contributed by atoms with Crippen molar-refractivity contribution in [1.29, 1.82) is 0 Å². The van der Waals surface area contributed by atoms with Crippen LogP contribution in [0, 0.1) is 5.82 Å². The molecule has 0 unspecified atom stereocenters. The van der Waals surface area contributed by atoms with Crippen molar-refractivity contribution in [2.75, 3.05) is 19.3 Å². The number of nitrogens with zero attached hydrogens (tertiary/aromatic N) is 1.